The molecule has 0 aromatic heterocycles. The first kappa shape index (κ1) is 9.52. The Balaban J connectivity index is 2.63. The molecule has 0 aromatic rings. The van der Waals surface area contributed by atoms with Crippen molar-refractivity contribution in [2.75, 3.05) is 12.4 Å². The molecule has 0 saturated carbocycles. The molecule has 1 rings (SSSR count). The second kappa shape index (κ2) is 3.90. The van der Waals surface area contributed by atoms with Crippen molar-refractivity contribution in [3.63, 3.8) is 0 Å². The van der Waals surface area contributed by atoms with Crippen LogP contribution < -0.4 is 0 Å². The molecule has 1 saturated heterocycles. The van der Waals surface area contributed by atoms with Crippen molar-refractivity contribution in [2.45, 2.75) is 25.8 Å². The molecule has 1 atom stereocenters. The van der Waals surface area contributed by atoms with Crippen LogP contribution in [0.4, 0.5) is 0 Å². The van der Waals surface area contributed by atoms with Gasteiger partial charge in [0.25, 0.3) is 0 Å². The van der Waals surface area contributed by atoms with Gasteiger partial charge in [0, 0.05) is 13.5 Å². The SMILES string of the molecule is CC(=O)N1CCC[C@H]1C(=O)CCl. The Labute approximate surface area is 76.7 Å². The molecule has 68 valence electrons. The highest BCUT2D eigenvalue weighted by atomic mass is 35.5. The van der Waals surface area contributed by atoms with Crippen molar-refractivity contribution in [2.24, 2.45) is 0 Å². The monoisotopic (exact) mass is 189 g/mol. The summed E-state index contributed by atoms with van der Waals surface area (Å²) in [5.41, 5.74) is 0. The van der Waals surface area contributed by atoms with E-state index >= 15 is 0 Å². The molecule has 1 heterocycles. The molecule has 0 bridgehead atoms. The van der Waals surface area contributed by atoms with Gasteiger partial charge >= 0.3 is 0 Å². The highest BCUT2D eigenvalue weighted by Crippen LogP contribution is 2.18. The van der Waals surface area contributed by atoms with E-state index in [1.54, 1.807) is 4.90 Å². The van der Waals surface area contributed by atoms with Crippen molar-refractivity contribution >= 4 is 23.3 Å². The van der Waals surface area contributed by atoms with Crippen LogP contribution in [0, 0.1) is 0 Å². The van der Waals surface area contributed by atoms with E-state index in [0.717, 1.165) is 12.8 Å². The first-order chi connectivity index (χ1) is 5.66. The smallest absolute Gasteiger partial charge is 0.220 e. The molecule has 1 amide bonds. The molecule has 0 aliphatic carbocycles. The number of carbonyl (C=O) groups excluding carboxylic acids is 2. The Bertz CT molecular complexity index is 205. The molecule has 3 nitrogen and oxygen atoms in total. The summed E-state index contributed by atoms with van der Waals surface area (Å²) in [5.74, 6) is -0.0608. The van der Waals surface area contributed by atoms with Crippen molar-refractivity contribution in [1.29, 1.82) is 0 Å². The maximum Gasteiger partial charge on any atom is 0.220 e. The fraction of sp³-hybridized carbons (Fsp3) is 0.750. The second-order valence-corrected chi connectivity index (χ2v) is 3.24. The zero-order valence-electron chi connectivity index (χ0n) is 7.05. The van der Waals surface area contributed by atoms with Gasteiger partial charge in [0.1, 0.15) is 0 Å². The Morgan fingerprint density at radius 3 is 2.75 bits per heavy atom. The van der Waals surface area contributed by atoms with E-state index in [2.05, 4.69) is 0 Å². The third kappa shape index (κ3) is 1.78. The number of halogens is 1. The summed E-state index contributed by atoms with van der Waals surface area (Å²) in [6, 6.07) is -0.250. The lowest BCUT2D eigenvalue weighted by atomic mass is 10.1. The van der Waals surface area contributed by atoms with Crippen LogP contribution in [0.15, 0.2) is 0 Å². The van der Waals surface area contributed by atoms with Crippen LogP contribution >= 0.6 is 11.6 Å². The number of likely N-dealkylation sites (tertiary alicyclic amines) is 1. The van der Waals surface area contributed by atoms with E-state index in [1.807, 2.05) is 0 Å². The van der Waals surface area contributed by atoms with Gasteiger partial charge in [0.05, 0.1) is 11.9 Å². The van der Waals surface area contributed by atoms with Crippen LogP contribution in [-0.2, 0) is 9.59 Å². The summed E-state index contributed by atoms with van der Waals surface area (Å²) in [6.45, 7) is 2.18. The minimum atomic E-state index is -0.250. The molecule has 0 aromatic carbocycles. The average Bonchev–Trinajstić information content (AvgIpc) is 2.50. The Morgan fingerprint density at radius 1 is 1.58 bits per heavy atom. The summed E-state index contributed by atoms with van der Waals surface area (Å²) >= 11 is 5.41. The molecule has 0 spiro atoms. The fourth-order valence-corrected chi connectivity index (χ4v) is 1.75. The van der Waals surface area contributed by atoms with E-state index < -0.39 is 0 Å². The maximum absolute atomic E-state index is 11.2. The lowest BCUT2D eigenvalue weighted by Crippen LogP contribution is -2.39. The molecular formula is C8H12ClNO2. The number of amides is 1. The number of rotatable bonds is 2. The van der Waals surface area contributed by atoms with E-state index in [1.165, 1.54) is 6.92 Å². The van der Waals surface area contributed by atoms with E-state index in [-0.39, 0.29) is 23.6 Å². The predicted octanol–water partition coefficient (Wildman–Crippen LogP) is 0.805. The van der Waals surface area contributed by atoms with Gasteiger partial charge in [-0.05, 0) is 12.8 Å². The Kier molecular flexibility index (Phi) is 3.09. The molecule has 1 fully saturated rings. The third-order valence-corrected chi connectivity index (χ3v) is 2.42. The van der Waals surface area contributed by atoms with E-state index in [4.69, 9.17) is 11.6 Å². The maximum atomic E-state index is 11.2. The van der Waals surface area contributed by atoms with Crippen LogP contribution in [0.5, 0.6) is 0 Å². The quantitative estimate of drug-likeness (QED) is 0.603. The first-order valence-corrected chi connectivity index (χ1v) is 4.56. The lowest BCUT2D eigenvalue weighted by Gasteiger charge is -2.20. The summed E-state index contributed by atoms with van der Waals surface area (Å²) in [6.07, 6.45) is 1.68. The number of alkyl halides is 1. The van der Waals surface area contributed by atoms with Crippen molar-refractivity contribution in [3.8, 4) is 0 Å². The molecular weight excluding hydrogens is 178 g/mol. The normalized spacial score (nSPS) is 22.8. The predicted molar refractivity (Wildman–Crippen MR) is 46.1 cm³/mol. The van der Waals surface area contributed by atoms with Crippen LogP contribution in [-0.4, -0.2) is 35.1 Å². The van der Waals surface area contributed by atoms with Gasteiger partial charge in [0.15, 0.2) is 5.78 Å². The van der Waals surface area contributed by atoms with Gasteiger partial charge in [-0.15, -0.1) is 11.6 Å². The zero-order valence-corrected chi connectivity index (χ0v) is 7.80. The topological polar surface area (TPSA) is 37.4 Å². The van der Waals surface area contributed by atoms with Crippen LogP contribution in [0.2, 0.25) is 0 Å². The number of hydrogen-bond acceptors (Lipinski definition) is 2. The molecule has 0 radical (unpaired) electrons. The largest absolute Gasteiger partial charge is 0.333 e. The molecule has 12 heavy (non-hydrogen) atoms. The standard InChI is InChI=1S/C8H12ClNO2/c1-6(11)10-4-2-3-7(10)8(12)5-9/h7H,2-5H2,1H3/t7-/m0/s1. The minimum Gasteiger partial charge on any atom is -0.333 e. The number of ketones is 1. The summed E-state index contributed by atoms with van der Waals surface area (Å²) < 4.78 is 0. The van der Waals surface area contributed by atoms with Crippen LogP contribution in [0.25, 0.3) is 0 Å². The van der Waals surface area contributed by atoms with Gasteiger partial charge in [-0.25, -0.2) is 0 Å². The van der Waals surface area contributed by atoms with Crippen molar-refractivity contribution in [3.05, 3.63) is 0 Å². The van der Waals surface area contributed by atoms with Crippen LogP contribution in [0.1, 0.15) is 19.8 Å². The molecule has 0 unspecified atom stereocenters. The number of Topliss-reactive ketones (excluding diaryl/α,β-unsaturated/α-hetero) is 1. The number of carbonyl (C=O) groups is 2. The highest BCUT2D eigenvalue weighted by Gasteiger charge is 2.31. The number of hydrogen-bond donors (Lipinski definition) is 0. The fourth-order valence-electron chi connectivity index (χ4n) is 1.57. The van der Waals surface area contributed by atoms with Crippen molar-refractivity contribution < 1.29 is 9.59 Å². The summed E-state index contributed by atoms with van der Waals surface area (Å²) in [5, 5.41) is 0. The first-order valence-electron chi connectivity index (χ1n) is 4.02. The van der Waals surface area contributed by atoms with E-state index in [0.29, 0.717) is 6.54 Å². The molecule has 1 aliphatic heterocycles. The molecule has 4 heteroatoms. The van der Waals surface area contributed by atoms with Gasteiger partial charge in [0.2, 0.25) is 5.91 Å². The third-order valence-electron chi connectivity index (χ3n) is 2.16. The Morgan fingerprint density at radius 2 is 2.25 bits per heavy atom. The van der Waals surface area contributed by atoms with Crippen molar-refractivity contribution in [1.82, 2.24) is 4.90 Å². The lowest BCUT2D eigenvalue weighted by molar-refractivity contribution is -0.135. The summed E-state index contributed by atoms with van der Waals surface area (Å²) in [7, 11) is 0. The minimum absolute atomic E-state index is 0.00838. The second-order valence-electron chi connectivity index (χ2n) is 2.97. The van der Waals surface area contributed by atoms with Gasteiger partial charge in [-0.1, -0.05) is 0 Å². The average molecular weight is 190 g/mol. The van der Waals surface area contributed by atoms with Gasteiger partial charge < -0.3 is 4.90 Å². The molecule has 0 N–H and O–H groups in total. The van der Waals surface area contributed by atoms with Crippen LogP contribution in [0.3, 0.4) is 0 Å². The van der Waals surface area contributed by atoms with Gasteiger partial charge in [-0.2, -0.15) is 0 Å². The molecule has 1 aliphatic rings. The summed E-state index contributed by atoms with van der Waals surface area (Å²) in [4.78, 5) is 23.8. The zero-order chi connectivity index (χ0) is 9.14. The van der Waals surface area contributed by atoms with E-state index in [9.17, 15) is 9.59 Å². The number of nitrogens with zero attached hydrogens (tertiary/aromatic N) is 1. The Hall–Kier alpha value is -0.570. The van der Waals surface area contributed by atoms with Gasteiger partial charge in [-0.3, -0.25) is 9.59 Å². The highest BCUT2D eigenvalue weighted by molar-refractivity contribution is 6.28.